The van der Waals surface area contributed by atoms with Crippen molar-refractivity contribution >= 4 is 11.6 Å². The largest absolute Gasteiger partial charge is 0.507 e. The Morgan fingerprint density at radius 2 is 1.54 bits per heavy atom. The molecule has 1 aliphatic rings. The van der Waals surface area contributed by atoms with E-state index in [1.807, 2.05) is 0 Å². The first-order valence-electron chi connectivity index (χ1n) is 8.56. The van der Waals surface area contributed by atoms with Crippen LogP contribution in [0.4, 0.5) is 0 Å². The molecule has 2 aromatic carbocycles. The van der Waals surface area contributed by atoms with Gasteiger partial charge in [-0.1, -0.05) is 23.7 Å². The highest BCUT2D eigenvalue weighted by Crippen LogP contribution is 2.46. The maximum atomic E-state index is 10.7. The number of halogens is 1. The number of aliphatic hydroxyl groups is 4. The second kappa shape index (κ2) is 8.12. The Hall–Kier alpha value is -2.07. The van der Waals surface area contributed by atoms with Gasteiger partial charge in [0.1, 0.15) is 47.8 Å². The molecular weight excluding hydrogens is 392 g/mol. The fraction of sp³-hybridized carbons (Fsp3) is 0.368. The summed E-state index contributed by atoms with van der Waals surface area (Å²) in [4.78, 5) is 0. The van der Waals surface area contributed by atoms with Crippen molar-refractivity contribution in [3.8, 4) is 17.2 Å². The maximum Gasteiger partial charge on any atom is 0.132 e. The number of hydrogen-bond acceptors (Lipinski definition) is 8. The maximum absolute atomic E-state index is 10.7. The number of phenolic OH excluding ortho intramolecular Hbond substituents is 3. The zero-order valence-corrected chi connectivity index (χ0v) is 15.4. The summed E-state index contributed by atoms with van der Waals surface area (Å²) >= 11 is 5.85. The van der Waals surface area contributed by atoms with E-state index < -0.39 is 48.6 Å². The van der Waals surface area contributed by atoms with E-state index in [1.165, 1.54) is 0 Å². The minimum atomic E-state index is -1.69. The molecule has 0 saturated carbocycles. The molecule has 0 aliphatic carbocycles. The van der Waals surface area contributed by atoms with Crippen molar-refractivity contribution in [3.63, 3.8) is 0 Å². The normalized spacial score (nSPS) is 27.7. The van der Waals surface area contributed by atoms with E-state index in [2.05, 4.69) is 0 Å². The molecule has 7 N–H and O–H groups in total. The van der Waals surface area contributed by atoms with Crippen LogP contribution in [-0.2, 0) is 11.2 Å². The number of ether oxygens (including phenoxy) is 1. The van der Waals surface area contributed by atoms with E-state index in [4.69, 9.17) is 16.3 Å². The van der Waals surface area contributed by atoms with E-state index in [0.29, 0.717) is 10.6 Å². The molecule has 1 saturated heterocycles. The first-order valence-corrected chi connectivity index (χ1v) is 8.94. The molecule has 8 nitrogen and oxygen atoms in total. The average Bonchev–Trinajstić information content (AvgIpc) is 2.66. The van der Waals surface area contributed by atoms with E-state index in [0.717, 1.165) is 6.07 Å². The third-order valence-electron chi connectivity index (χ3n) is 4.87. The summed E-state index contributed by atoms with van der Waals surface area (Å²) in [5.74, 6) is -1.48. The lowest BCUT2D eigenvalue weighted by Crippen LogP contribution is -2.55. The molecule has 9 heteroatoms. The van der Waals surface area contributed by atoms with Crippen LogP contribution in [0.25, 0.3) is 0 Å². The number of aliphatic hydroxyl groups excluding tert-OH is 4. The number of benzene rings is 2. The van der Waals surface area contributed by atoms with Gasteiger partial charge in [-0.15, -0.1) is 0 Å². The van der Waals surface area contributed by atoms with Gasteiger partial charge in [-0.2, -0.15) is 0 Å². The van der Waals surface area contributed by atoms with Crippen LogP contribution in [0.15, 0.2) is 30.3 Å². The summed E-state index contributed by atoms with van der Waals surface area (Å²) in [6, 6.07) is 7.67. The number of aromatic hydroxyl groups is 3. The predicted molar refractivity (Wildman–Crippen MR) is 98.4 cm³/mol. The summed E-state index contributed by atoms with van der Waals surface area (Å²) in [5, 5.41) is 71.2. The molecule has 0 bridgehead atoms. The van der Waals surface area contributed by atoms with Gasteiger partial charge in [0.2, 0.25) is 0 Å². The highest BCUT2D eigenvalue weighted by Gasteiger charge is 2.46. The van der Waals surface area contributed by atoms with Crippen LogP contribution in [0, 0.1) is 0 Å². The molecule has 1 heterocycles. The van der Waals surface area contributed by atoms with Crippen molar-refractivity contribution in [3.05, 3.63) is 52.0 Å². The fourth-order valence-electron chi connectivity index (χ4n) is 3.30. The summed E-state index contributed by atoms with van der Waals surface area (Å²) < 4.78 is 5.41. The number of rotatable bonds is 4. The first kappa shape index (κ1) is 20.7. The second-order valence-corrected chi connectivity index (χ2v) is 7.14. The van der Waals surface area contributed by atoms with Gasteiger partial charge >= 0.3 is 0 Å². The van der Waals surface area contributed by atoms with Crippen LogP contribution < -0.4 is 0 Å². The van der Waals surface area contributed by atoms with Crippen molar-refractivity contribution in [2.24, 2.45) is 0 Å². The molecule has 5 atom stereocenters. The zero-order valence-electron chi connectivity index (χ0n) is 14.6. The lowest BCUT2D eigenvalue weighted by molar-refractivity contribution is -0.232. The van der Waals surface area contributed by atoms with Crippen molar-refractivity contribution in [2.45, 2.75) is 36.9 Å². The molecule has 0 spiro atoms. The smallest absolute Gasteiger partial charge is 0.132 e. The summed E-state index contributed by atoms with van der Waals surface area (Å²) in [5.41, 5.74) is 0.506. The van der Waals surface area contributed by atoms with Crippen LogP contribution in [0.5, 0.6) is 17.2 Å². The fourth-order valence-corrected chi connectivity index (χ4v) is 3.43. The summed E-state index contributed by atoms with van der Waals surface area (Å²) in [6.07, 6.45) is -7.52. The van der Waals surface area contributed by atoms with E-state index in [9.17, 15) is 35.7 Å². The molecule has 1 aliphatic heterocycles. The van der Waals surface area contributed by atoms with E-state index in [1.54, 1.807) is 24.3 Å². The standard InChI is InChI=1S/C19H21ClO8/c20-9-3-1-8(2-4-9)5-10-11(22)6-12(23)14(15(10)24)19-18(27)17(26)16(25)13(7-21)28-19/h1-4,6,13,16-19,21-27H,5,7H2/t13-,16-,17+,18-,19+/m1/s1. The van der Waals surface area contributed by atoms with Crippen molar-refractivity contribution in [1.29, 1.82) is 0 Å². The monoisotopic (exact) mass is 412 g/mol. The van der Waals surface area contributed by atoms with Crippen LogP contribution in [0.1, 0.15) is 22.8 Å². The topological polar surface area (TPSA) is 151 Å². The Morgan fingerprint density at radius 1 is 0.893 bits per heavy atom. The lowest BCUT2D eigenvalue weighted by atomic mass is 9.88. The van der Waals surface area contributed by atoms with Gasteiger partial charge < -0.3 is 40.5 Å². The van der Waals surface area contributed by atoms with Crippen LogP contribution in [0.2, 0.25) is 5.02 Å². The molecule has 152 valence electrons. The Balaban J connectivity index is 2.02. The van der Waals surface area contributed by atoms with Gasteiger partial charge in [0.25, 0.3) is 0 Å². The van der Waals surface area contributed by atoms with Gasteiger partial charge in [-0.05, 0) is 17.7 Å². The van der Waals surface area contributed by atoms with Crippen molar-refractivity contribution in [1.82, 2.24) is 0 Å². The van der Waals surface area contributed by atoms with Crippen LogP contribution >= 0.6 is 11.6 Å². The molecule has 0 amide bonds. The van der Waals surface area contributed by atoms with Gasteiger partial charge in [0, 0.05) is 23.1 Å². The second-order valence-electron chi connectivity index (χ2n) is 6.71. The van der Waals surface area contributed by atoms with Gasteiger partial charge in [0.15, 0.2) is 0 Å². The minimum absolute atomic E-state index is 0.0621. The molecule has 0 radical (unpaired) electrons. The van der Waals surface area contributed by atoms with Crippen LogP contribution in [-0.4, -0.2) is 66.8 Å². The third-order valence-corrected chi connectivity index (χ3v) is 5.12. The number of hydrogen-bond donors (Lipinski definition) is 7. The molecule has 0 unspecified atom stereocenters. The van der Waals surface area contributed by atoms with Crippen molar-refractivity contribution < 1.29 is 40.5 Å². The Morgan fingerprint density at radius 3 is 2.14 bits per heavy atom. The molecular formula is C19H21ClO8. The molecule has 1 fully saturated rings. The summed E-state index contributed by atoms with van der Waals surface area (Å²) in [7, 11) is 0. The Bertz CT molecular complexity index is 839. The Kier molecular flexibility index (Phi) is 5.99. The zero-order chi connectivity index (χ0) is 20.6. The van der Waals surface area contributed by atoms with Gasteiger partial charge in [-0.25, -0.2) is 0 Å². The third kappa shape index (κ3) is 3.75. The summed E-state index contributed by atoms with van der Waals surface area (Å²) in [6.45, 7) is -0.654. The van der Waals surface area contributed by atoms with Crippen molar-refractivity contribution in [2.75, 3.05) is 6.61 Å². The predicted octanol–water partition coefficient (Wildman–Crippen LogP) is 0.562. The lowest BCUT2D eigenvalue weighted by Gasteiger charge is -2.40. The molecule has 28 heavy (non-hydrogen) atoms. The van der Waals surface area contributed by atoms with E-state index >= 15 is 0 Å². The van der Waals surface area contributed by atoms with Gasteiger partial charge in [0.05, 0.1) is 12.2 Å². The molecule has 0 aromatic heterocycles. The quantitative estimate of drug-likeness (QED) is 0.385. The Labute approximate surface area is 165 Å². The molecule has 2 aromatic rings. The number of phenols is 3. The van der Waals surface area contributed by atoms with E-state index in [-0.39, 0.29) is 23.3 Å². The first-order chi connectivity index (χ1) is 13.2. The molecule has 3 rings (SSSR count). The highest BCUT2D eigenvalue weighted by molar-refractivity contribution is 6.30. The van der Waals surface area contributed by atoms with Gasteiger partial charge in [-0.3, -0.25) is 0 Å². The van der Waals surface area contributed by atoms with Crippen LogP contribution in [0.3, 0.4) is 0 Å². The average molecular weight is 413 g/mol. The highest BCUT2D eigenvalue weighted by atomic mass is 35.5. The minimum Gasteiger partial charge on any atom is -0.507 e. The SMILES string of the molecule is OC[C@H]1O[C@@H](c2c(O)cc(O)c(Cc3ccc(Cl)cc3)c2O)[C@H](O)[C@@H](O)[C@@H]1O.